The van der Waals surface area contributed by atoms with Crippen LogP contribution in [0.15, 0.2) is 24.4 Å². The summed E-state index contributed by atoms with van der Waals surface area (Å²) < 4.78 is 0. The zero-order valence-corrected chi connectivity index (χ0v) is 11.6. The Hall–Kier alpha value is -1.03. The molecule has 5 heteroatoms. The van der Waals surface area contributed by atoms with Crippen molar-refractivity contribution >= 4 is 23.2 Å². The van der Waals surface area contributed by atoms with Crippen molar-refractivity contribution in [1.29, 1.82) is 0 Å². The van der Waals surface area contributed by atoms with Crippen molar-refractivity contribution in [1.82, 2.24) is 15.3 Å². The standard InChI is InChI=1S/C13H15Cl2N3/c1-16-6-2-3-13-17-8-12(18-13)10-5-4-9(14)7-11(10)15/h4-5,7-8,16H,2-3,6H2,1H3,(H,17,18). The Morgan fingerprint density at radius 3 is 2.89 bits per heavy atom. The number of hydrogen-bond acceptors (Lipinski definition) is 2. The molecule has 2 aromatic rings. The molecule has 0 spiro atoms. The number of nitrogens with zero attached hydrogens (tertiary/aromatic N) is 1. The third-order valence-electron chi connectivity index (χ3n) is 2.69. The molecule has 0 aliphatic carbocycles. The fourth-order valence-electron chi connectivity index (χ4n) is 1.77. The Kier molecular flexibility index (Phi) is 4.64. The van der Waals surface area contributed by atoms with E-state index in [2.05, 4.69) is 15.3 Å². The molecule has 0 bridgehead atoms. The van der Waals surface area contributed by atoms with E-state index < -0.39 is 0 Å². The van der Waals surface area contributed by atoms with Crippen molar-refractivity contribution < 1.29 is 0 Å². The molecule has 2 rings (SSSR count). The quantitative estimate of drug-likeness (QED) is 0.824. The second-order valence-electron chi connectivity index (χ2n) is 4.07. The van der Waals surface area contributed by atoms with Crippen LogP contribution in [0.5, 0.6) is 0 Å². The zero-order valence-electron chi connectivity index (χ0n) is 10.1. The highest BCUT2D eigenvalue weighted by atomic mass is 35.5. The zero-order chi connectivity index (χ0) is 13.0. The van der Waals surface area contributed by atoms with Gasteiger partial charge in [-0.3, -0.25) is 0 Å². The van der Waals surface area contributed by atoms with Crippen molar-refractivity contribution in [2.24, 2.45) is 0 Å². The molecule has 0 saturated heterocycles. The van der Waals surface area contributed by atoms with E-state index in [1.54, 1.807) is 6.07 Å². The lowest BCUT2D eigenvalue weighted by molar-refractivity contribution is 0.707. The summed E-state index contributed by atoms with van der Waals surface area (Å²) in [6.07, 6.45) is 3.79. The van der Waals surface area contributed by atoms with Crippen LogP contribution in [0.4, 0.5) is 0 Å². The molecular formula is C13H15Cl2N3. The van der Waals surface area contributed by atoms with Crippen molar-refractivity contribution in [3.8, 4) is 11.3 Å². The van der Waals surface area contributed by atoms with E-state index >= 15 is 0 Å². The van der Waals surface area contributed by atoms with Crippen LogP contribution in [-0.4, -0.2) is 23.6 Å². The number of imidazole rings is 1. The summed E-state index contributed by atoms with van der Waals surface area (Å²) in [6, 6.07) is 5.46. The van der Waals surface area contributed by atoms with E-state index in [-0.39, 0.29) is 0 Å². The number of aromatic nitrogens is 2. The fourth-order valence-corrected chi connectivity index (χ4v) is 2.28. The predicted molar refractivity (Wildman–Crippen MR) is 76.3 cm³/mol. The molecule has 18 heavy (non-hydrogen) atoms. The Morgan fingerprint density at radius 1 is 1.33 bits per heavy atom. The van der Waals surface area contributed by atoms with Crippen LogP contribution < -0.4 is 5.32 Å². The van der Waals surface area contributed by atoms with Crippen molar-refractivity contribution in [2.45, 2.75) is 12.8 Å². The number of halogens is 2. The summed E-state index contributed by atoms with van der Waals surface area (Å²) in [4.78, 5) is 7.64. The Bertz CT molecular complexity index is 523. The third-order valence-corrected chi connectivity index (χ3v) is 3.24. The van der Waals surface area contributed by atoms with Gasteiger partial charge in [-0.1, -0.05) is 23.2 Å². The summed E-state index contributed by atoms with van der Waals surface area (Å²) >= 11 is 12.0. The van der Waals surface area contributed by atoms with Gasteiger partial charge in [0.05, 0.1) is 16.9 Å². The van der Waals surface area contributed by atoms with Gasteiger partial charge < -0.3 is 10.3 Å². The highest BCUT2D eigenvalue weighted by Crippen LogP contribution is 2.29. The molecule has 0 unspecified atom stereocenters. The first kappa shape index (κ1) is 13.4. The average Bonchev–Trinajstić information content (AvgIpc) is 2.78. The van der Waals surface area contributed by atoms with Gasteiger partial charge in [-0.05, 0) is 38.2 Å². The Morgan fingerprint density at radius 2 is 2.17 bits per heavy atom. The molecule has 0 aliphatic rings. The molecule has 0 radical (unpaired) electrons. The largest absolute Gasteiger partial charge is 0.342 e. The van der Waals surface area contributed by atoms with Gasteiger partial charge in [0.1, 0.15) is 5.82 Å². The minimum absolute atomic E-state index is 0.632. The second-order valence-corrected chi connectivity index (χ2v) is 4.92. The number of benzene rings is 1. The van der Waals surface area contributed by atoms with E-state index in [9.17, 15) is 0 Å². The minimum Gasteiger partial charge on any atom is -0.342 e. The topological polar surface area (TPSA) is 40.7 Å². The average molecular weight is 284 g/mol. The summed E-state index contributed by atoms with van der Waals surface area (Å²) in [5.74, 6) is 0.978. The molecule has 3 nitrogen and oxygen atoms in total. The highest BCUT2D eigenvalue weighted by Gasteiger charge is 2.07. The second kappa shape index (κ2) is 6.23. The van der Waals surface area contributed by atoms with Crippen molar-refractivity contribution in [2.75, 3.05) is 13.6 Å². The maximum Gasteiger partial charge on any atom is 0.106 e. The van der Waals surface area contributed by atoms with Crippen molar-refractivity contribution in [3.05, 3.63) is 40.3 Å². The predicted octanol–water partition coefficient (Wildman–Crippen LogP) is 3.54. The smallest absolute Gasteiger partial charge is 0.106 e. The molecule has 0 atom stereocenters. The van der Waals surface area contributed by atoms with Gasteiger partial charge in [-0.25, -0.2) is 4.98 Å². The van der Waals surface area contributed by atoms with Crippen LogP contribution in [0.3, 0.4) is 0 Å². The van der Waals surface area contributed by atoms with Crippen LogP contribution >= 0.6 is 23.2 Å². The summed E-state index contributed by atoms with van der Waals surface area (Å²) in [5, 5.41) is 4.38. The van der Waals surface area contributed by atoms with Crippen LogP contribution in [0.1, 0.15) is 12.2 Å². The molecule has 1 aromatic heterocycles. The first-order valence-corrected chi connectivity index (χ1v) is 6.60. The van der Waals surface area contributed by atoms with Crippen molar-refractivity contribution in [3.63, 3.8) is 0 Å². The number of H-pyrrole nitrogens is 1. The van der Waals surface area contributed by atoms with Gasteiger partial charge in [0.15, 0.2) is 0 Å². The molecule has 0 aliphatic heterocycles. The lowest BCUT2D eigenvalue weighted by Crippen LogP contribution is -2.08. The fraction of sp³-hybridized carbons (Fsp3) is 0.308. The van der Waals surface area contributed by atoms with E-state index in [0.717, 1.165) is 36.5 Å². The van der Waals surface area contributed by atoms with E-state index in [1.165, 1.54) is 0 Å². The first-order chi connectivity index (χ1) is 8.70. The number of nitrogens with one attached hydrogen (secondary N) is 2. The third kappa shape index (κ3) is 3.25. The van der Waals surface area contributed by atoms with Gasteiger partial charge in [-0.15, -0.1) is 0 Å². The summed E-state index contributed by atoms with van der Waals surface area (Å²) in [7, 11) is 1.95. The summed E-state index contributed by atoms with van der Waals surface area (Å²) in [6.45, 7) is 0.984. The molecule has 1 heterocycles. The maximum atomic E-state index is 6.16. The van der Waals surface area contributed by atoms with Gasteiger partial charge >= 0.3 is 0 Å². The van der Waals surface area contributed by atoms with Crippen LogP contribution in [-0.2, 0) is 6.42 Å². The highest BCUT2D eigenvalue weighted by molar-refractivity contribution is 6.36. The van der Waals surface area contributed by atoms with Crippen LogP contribution in [0, 0.1) is 0 Å². The van der Waals surface area contributed by atoms with Gasteiger partial charge in [0.25, 0.3) is 0 Å². The Balaban J connectivity index is 2.13. The lowest BCUT2D eigenvalue weighted by atomic mass is 10.2. The number of rotatable bonds is 5. The molecule has 2 N–H and O–H groups in total. The molecule has 96 valence electrons. The molecule has 1 aromatic carbocycles. The summed E-state index contributed by atoms with van der Waals surface area (Å²) in [5.41, 5.74) is 1.85. The van der Waals surface area contributed by atoms with Gasteiger partial charge in [0.2, 0.25) is 0 Å². The number of hydrogen-bond donors (Lipinski definition) is 2. The van der Waals surface area contributed by atoms with E-state index in [0.29, 0.717) is 10.0 Å². The first-order valence-electron chi connectivity index (χ1n) is 5.84. The van der Waals surface area contributed by atoms with E-state index in [4.69, 9.17) is 23.2 Å². The Labute approximate surface area is 117 Å². The van der Waals surface area contributed by atoms with Gasteiger partial charge in [-0.2, -0.15) is 0 Å². The lowest BCUT2D eigenvalue weighted by Gasteiger charge is -2.01. The molecule has 0 amide bonds. The molecule has 0 fully saturated rings. The molecule has 0 saturated carbocycles. The minimum atomic E-state index is 0.632. The van der Waals surface area contributed by atoms with Crippen LogP contribution in [0.25, 0.3) is 11.3 Å². The maximum absolute atomic E-state index is 6.16. The SMILES string of the molecule is CNCCCc1ncc(-c2ccc(Cl)cc2Cl)[nH]1. The molecular weight excluding hydrogens is 269 g/mol. The van der Waals surface area contributed by atoms with Gasteiger partial charge in [0, 0.05) is 17.0 Å². The van der Waals surface area contributed by atoms with Crippen LogP contribution in [0.2, 0.25) is 10.0 Å². The van der Waals surface area contributed by atoms with E-state index in [1.807, 2.05) is 25.4 Å². The monoisotopic (exact) mass is 283 g/mol. The number of aromatic amines is 1. The normalized spacial score (nSPS) is 10.8. The number of aryl methyl sites for hydroxylation is 1.